The normalized spacial score (nSPS) is 12.6. The van der Waals surface area contributed by atoms with Gasteiger partial charge in [-0.1, -0.05) is 0 Å². The lowest BCUT2D eigenvalue weighted by Crippen LogP contribution is -2.30. The number of aryl methyl sites for hydroxylation is 2. The van der Waals surface area contributed by atoms with Gasteiger partial charge in [0.25, 0.3) is 0 Å². The van der Waals surface area contributed by atoms with Crippen LogP contribution in [0.2, 0.25) is 0 Å². The van der Waals surface area contributed by atoms with Crippen LogP contribution in [0.1, 0.15) is 30.8 Å². The summed E-state index contributed by atoms with van der Waals surface area (Å²) in [5.74, 6) is 6.63. The maximum absolute atomic E-state index is 5.64. The van der Waals surface area contributed by atoms with Gasteiger partial charge in [-0.25, -0.2) is 10.4 Å². The Morgan fingerprint density at radius 2 is 2.11 bits per heavy atom. The molecular formula is C13H19N5. The molecule has 3 N–H and O–H groups in total. The summed E-state index contributed by atoms with van der Waals surface area (Å²) in [4.78, 5) is 8.39. The number of nitrogens with zero attached hydrogens (tertiary/aromatic N) is 3. The quantitative estimate of drug-likeness (QED) is 0.597. The SMILES string of the molecule is CCn1ccnc1C(CCc1ccncc1)NN. The van der Waals surface area contributed by atoms with Crippen LogP contribution in [-0.4, -0.2) is 14.5 Å². The zero-order chi connectivity index (χ0) is 12.8. The van der Waals surface area contributed by atoms with Crippen molar-refractivity contribution >= 4 is 0 Å². The van der Waals surface area contributed by atoms with E-state index in [1.165, 1.54) is 5.56 Å². The van der Waals surface area contributed by atoms with E-state index in [0.717, 1.165) is 25.2 Å². The van der Waals surface area contributed by atoms with Crippen LogP contribution in [0.3, 0.4) is 0 Å². The van der Waals surface area contributed by atoms with Crippen LogP contribution in [0.4, 0.5) is 0 Å². The van der Waals surface area contributed by atoms with Crippen molar-refractivity contribution in [1.29, 1.82) is 0 Å². The molecule has 0 radical (unpaired) electrons. The highest BCUT2D eigenvalue weighted by molar-refractivity contribution is 5.11. The largest absolute Gasteiger partial charge is 0.334 e. The minimum atomic E-state index is 0.0770. The van der Waals surface area contributed by atoms with Crippen LogP contribution in [0.5, 0.6) is 0 Å². The average molecular weight is 245 g/mol. The van der Waals surface area contributed by atoms with Crippen molar-refractivity contribution in [2.75, 3.05) is 0 Å². The summed E-state index contributed by atoms with van der Waals surface area (Å²) in [6, 6.07) is 4.13. The fraction of sp³-hybridized carbons (Fsp3) is 0.385. The molecular weight excluding hydrogens is 226 g/mol. The van der Waals surface area contributed by atoms with Crippen molar-refractivity contribution in [3.8, 4) is 0 Å². The fourth-order valence-electron chi connectivity index (χ4n) is 2.05. The van der Waals surface area contributed by atoms with Crippen LogP contribution in [0, 0.1) is 0 Å². The second kappa shape index (κ2) is 6.28. The first-order chi connectivity index (χ1) is 8.85. The minimum Gasteiger partial charge on any atom is -0.334 e. The Kier molecular flexibility index (Phi) is 4.44. The van der Waals surface area contributed by atoms with E-state index >= 15 is 0 Å². The summed E-state index contributed by atoms with van der Waals surface area (Å²) >= 11 is 0. The van der Waals surface area contributed by atoms with Crippen LogP contribution in [0.25, 0.3) is 0 Å². The number of hydrazine groups is 1. The maximum atomic E-state index is 5.64. The van der Waals surface area contributed by atoms with Gasteiger partial charge in [0.15, 0.2) is 0 Å². The van der Waals surface area contributed by atoms with Crippen molar-refractivity contribution in [2.24, 2.45) is 5.84 Å². The average Bonchev–Trinajstić information content (AvgIpc) is 2.89. The molecule has 0 bridgehead atoms. The van der Waals surface area contributed by atoms with Gasteiger partial charge in [0.2, 0.25) is 0 Å². The highest BCUT2D eigenvalue weighted by Gasteiger charge is 2.14. The van der Waals surface area contributed by atoms with Gasteiger partial charge in [-0.15, -0.1) is 0 Å². The summed E-state index contributed by atoms with van der Waals surface area (Å²) in [7, 11) is 0. The Balaban J connectivity index is 2.02. The van der Waals surface area contributed by atoms with Crippen molar-refractivity contribution in [3.63, 3.8) is 0 Å². The number of nitrogens with two attached hydrogens (primary N) is 1. The smallest absolute Gasteiger partial charge is 0.127 e. The van der Waals surface area contributed by atoms with Gasteiger partial charge in [0.1, 0.15) is 5.82 Å². The lowest BCUT2D eigenvalue weighted by molar-refractivity contribution is 0.469. The molecule has 0 spiro atoms. The molecule has 0 aromatic carbocycles. The lowest BCUT2D eigenvalue weighted by atomic mass is 10.1. The topological polar surface area (TPSA) is 68.8 Å². The van der Waals surface area contributed by atoms with E-state index in [9.17, 15) is 0 Å². The second-order valence-corrected chi connectivity index (χ2v) is 4.18. The van der Waals surface area contributed by atoms with Gasteiger partial charge in [-0.2, -0.15) is 0 Å². The molecule has 0 saturated heterocycles. The standard InChI is InChI=1S/C13H19N5/c1-2-18-10-9-16-13(18)12(17-14)4-3-11-5-7-15-8-6-11/h5-10,12,17H,2-4,14H2,1H3. The monoisotopic (exact) mass is 245 g/mol. The van der Waals surface area contributed by atoms with Gasteiger partial charge in [0.05, 0.1) is 6.04 Å². The van der Waals surface area contributed by atoms with Crippen molar-refractivity contribution < 1.29 is 0 Å². The number of rotatable bonds is 6. The highest BCUT2D eigenvalue weighted by Crippen LogP contribution is 2.16. The number of aromatic nitrogens is 3. The predicted molar refractivity (Wildman–Crippen MR) is 70.5 cm³/mol. The number of nitrogens with one attached hydrogen (secondary N) is 1. The summed E-state index contributed by atoms with van der Waals surface area (Å²) in [6.07, 6.45) is 9.29. The number of imidazole rings is 1. The van der Waals surface area contributed by atoms with Gasteiger partial charge in [0, 0.05) is 31.3 Å². The van der Waals surface area contributed by atoms with Crippen LogP contribution < -0.4 is 11.3 Å². The Labute approximate surface area is 107 Å². The van der Waals surface area contributed by atoms with Crippen LogP contribution in [-0.2, 0) is 13.0 Å². The third-order valence-electron chi connectivity index (χ3n) is 3.07. The number of pyridine rings is 1. The molecule has 0 aliphatic heterocycles. The first kappa shape index (κ1) is 12.7. The van der Waals surface area contributed by atoms with Crippen molar-refractivity contribution in [1.82, 2.24) is 20.0 Å². The summed E-state index contributed by atoms with van der Waals surface area (Å²) in [5.41, 5.74) is 4.11. The lowest BCUT2D eigenvalue weighted by Gasteiger charge is -2.16. The summed E-state index contributed by atoms with van der Waals surface area (Å²) in [5, 5.41) is 0. The molecule has 5 nitrogen and oxygen atoms in total. The van der Waals surface area contributed by atoms with E-state index < -0.39 is 0 Å². The van der Waals surface area contributed by atoms with E-state index in [2.05, 4.69) is 26.9 Å². The molecule has 0 amide bonds. The minimum absolute atomic E-state index is 0.0770. The van der Waals surface area contributed by atoms with E-state index in [-0.39, 0.29) is 6.04 Å². The maximum Gasteiger partial charge on any atom is 0.127 e. The molecule has 5 heteroatoms. The van der Waals surface area contributed by atoms with Crippen molar-refractivity contribution in [2.45, 2.75) is 32.4 Å². The Morgan fingerprint density at radius 3 is 2.78 bits per heavy atom. The molecule has 2 rings (SSSR count). The molecule has 2 aromatic rings. The van der Waals surface area contributed by atoms with Gasteiger partial charge in [-0.05, 0) is 37.5 Å². The molecule has 2 aromatic heterocycles. The zero-order valence-corrected chi connectivity index (χ0v) is 10.6. The third kappa shape index (κ3) is 2.94. The molecule has 0 aliphatic rings. The third-order valence-corrected chi connectivity index (χ3v) is 3.07. The number of hydrogen-bond donors (Lipinski definition) is 2. The first-order valence-corrected chi connectivity index (χ1v) is 6.21. The van der Waals surface area contributed by atoms with E-state index in [1.807, 2.05) is 36.9 Å². The van der Waals surface area contributed by atoms with E-state index in [0.29, 0.717) is 0 Å². The first-order valence-electron chi connectivity index (χ1n) is 6.21. The molecule has 96 valence electrons. The predicted octanol–water partition coefficient (Wildman–Crippen LogP) is 1.44. The Hall–Kier alpha value is -1.72. The fourth-order valence-corrected chi connectivity index (χ4v) is 2.05. The summed E-state index contributed by atoms with van der Waals surface area (Å²) < 4.78 is 2.11. The van der Waals surface area contributed by atoms with Crippen LogP contribution >= 0.6 is 0 Å². The van der Waals surface area contributed by atoms with Crippen molar-refractivity contribution in [3.05, 3.63) is 48.3 Å². The van der Waals surface area contributed by atoms with Gasteiger partial charge < -0.3 is 4.57 Å². The Bertz CT molecular complexity index is 465. The molecule has 1 atom stereocenters. The highest BCUT2D eigenvalue weighted by atomic mass is 15.3. The van der Waals surface area contributed by atoms with Gasteiger partial charge >= 0.3 is 0 Å². The van der Waals surface area contributed by atoms with E-state index in [1.54, 1.807) is 0 Å². The molecule has 0 aliphatic carbocycles. The molecule has 0 fully saturated rings. The second-order valence-electron chi connectivity index (χ2n) is 4.18. The van der Waals surface area contributed by atoms with Crippen LogP contribution in [0.15, 0.2) is 36.9 Å². The van der Waals surface area contributed by atoms with Gasteiger partial charge in [-0.3, -0.25) is 10.8 Å². The van der Waals surface area contributed by atoms with E-state index in [4.69, 9.17) is 5.84 Å². The molecule has 2 heterocycles. The number of hydrogen-bond acceptors (Lipinski definition) is 4. The molecule has 1 unspecified atom stereocenters. The zero-order valence-electron chi connectivity index (χ0n) is 10.6. The summed E-state index contributed by atoms with van der Waals surface area (Å²) in [6.45, 7) is 3.00. The molecule has 18 heavy (non-hydrogen) atoms. The Morgan fingerprint density at radius 1 is 1.33 bits per heavy atom. The molecule has 0 saturated carbocycles.